The number of nitrogens with zero attached hydrogens (tertiary/aromatic N) is 5. The summed E-state index contributed by atoms with van der Waals surface area (Å²) in [6.07, 6.45) is 3.68. The van der Waals surface area contributed by atoms with Crippen molar-refractivity contribution in [1.29, 1.82) is 0 Å². The van der Waals surface area contributed by atoms with Crippen LogP contribution in [0.15, 0.2) is 43.0 Å². The molecule has 9 nitrogen and oxygen atoms in total. The van der Waals surface area contributed by atoms with Gasteiger partial charge in [-0.3, -0.25) is 0 Å². The smallest absolute Gasteiger partial charge is 0.410 e. The first-order chi connectivity index (χ1) is 15.8. The Morgan fingerprint density at radius 1 is 1.27 bits per heavy atom. The third-order valence-corrected chi connectivity index (χ3v) is 5.18. The number of hydrogen-bond acceptors (Lipinski definition) is 7. The highest BCUT2D eigenvalue weighted by atomic mass is 19.1. The molecular formula is C23H27FN6O3. The summed E-state index contributed by atoms with van der Waals surface area (Å²) < 4.78 is 27.6. The van der Waals surface area contributed by atoms with E-state index in [0.29, 0.717) is 54.2 Å². The van der Waals surface area contributed by atoms with E-state index in [1.165, 1.54) is 17.1 Å². The van der Waals surface area contributed by atoms with Crippen molar-refractivity contribution in [1.82, 2.24) is 24.6 Å². The third-order valence-electron chi connectivity index (χ3n) is 5.18. The van der Waals surface area contributed by atoms with Gasteiger partial charge in [0.1, 0.15) is 23.5 Å². The number of ether oxygens (including phenoxy) is 2. The van der Waals surface area contributed by atoms with Crippen LogP contribution in [-0.2, 0) is 4.74 Å². The number of rotatable bonds is 6. The summed E-state index contributed by atoms with van der Waals surface area (Å²) in [5.74, 6) is -0.0663. The van der Waals surface area contributed by atoms with Gasteiger partial charge in [-0.25, -0.2) is 23.8 Å². The van der Waals surface area contributed by atoms with E-state index < -0.39 is 5.82 Å². The molecule has 1 amide bonds. The van der Waals surface area contributed by atoms with Gasteiger partial charge in [-0.1, -0.05) is 6.58 Å². The quantitative estimate of drug-likeness (QED) is 0.594. The first-order valence-corrected chi connectivity index (χ1v) is 10.8. The number of carbonyl (C=O) groups is 1. The normalized spacial score (nSPS) is 14.5. The van der Waals surface area contributed by atoms with Crippen molar-refractivity contribution in [3.8, 4) is 11.6 Å². The molecule has 3 heterocycles. The highest BCUT2D eigenvalue weighted by molar-refractivity contribution is 5.81. The summed E-state index contributed by atoms with van der Waals surface area (Å²) in [5, 5.41) is 7.89. The molecule has 0 saturated carbocycles. The fourth-order valence-electron chi connectivity index (χ4n) is 3.69. The minimum absolute atomic E-state index is 0.112. The van der Waals surface area contributed by atoms with Crippen molar-refractivity contribution in [2.24, 2.45) is 0 Å². The van der Waals surface area contributed by atoms with Crippen LogP contribution in [0.5, 0.6) is 5.88 Å². The molecule has 1 N–H and O–H groups in total. The van der Waals surface area contributed by atoms with Crippen molar-refractivity contribution >= 4 is 22.8 Å². The van der Waals surface area contributed by atoms with Gasteiger partial charge in [0.05, 0.1) is 12.3 Å². The second kappa shape index (κ2) is 9.43. The van der Waals surface area contributed by atoms with Gasteiger partial charge >= 0.3 is 6.09 Å². The predicted molar refractivity (Wildman–Crippen MR) is 122 cm³/mol. The molecule has 4 rings (SSSR count). The summed E-state index contributed by atoms with van der Waals surface area (Å²) >= 11 is 0. The monoisotopic (exact) mass is 454 g/mol. The first-order valence-electron chi connectivity index (χ1n) is 10.8. The van der Waals surface area contributed by atoms with Crippen LogP contribution in [0.2, 0.25) is 0 Å². The van der Waals surface area contributed by atoms with E-state index in [-0.39, 0.29) is 24.0 Å². The Morgan fingerprint density at radius 2 is 2.03 bits per heavy atom. The Labute approximate surface area is 191 Å². The maximum absolute atomic E-state index is 14.8. The zero-order chi connectivity index (χ0) is 23.5. The summed E-state index contributed by atoms with van der Waals surface area (Å²) in [7, 11) is 0. The molecule has 33 heavy (non-hydrogen) atoms. The lowest BCUT2D eigenvalue weighted by Gasteiger charge is -2.31. The largest absolute Gasteiger partial charge is 0.474 e. The molecule has 1 saturated heterocycles. The number of carbonyl (C=O) groups excluding carboxylic acids is 1. The van der Waals surface area contributed by atoms with Crippen LogP contribution in [0.1, 0.15) is 33.6 Å². The summed E-state index contributed by atoms with van der Waals surface area (Å²) in [4.78, 5) is 22.3. The van der Waals surface area contributed by atoms with Gasteiger partial charge in [-0.05, 0) is 39.0 Å². The molecular weight excluding hydrogens is 427 g/mol. The van der Waals surface area contributed by atoms with E-state index in [0.717, 1.165) is 0 Å². The van der Waals surface area contributed by atoms with Crippen molar-refractivity contribution in [3.05, 3.63) is 48.8 Å². The fraction of sp³-hybridized carbons (Fsp3) is 0.391. The SMILES string of the molecule is C=C(C)Nc1ccc(-n2ncc3c(OC4CCN(C(=O)OC(C)C)CC4)ncnc32)c(F)c1. The Balaban J connectivity index is 1.50. The number of allylic oxidation sites excluding steroid dienone is 1. The molecule has 0 aliphatic carbocycles. The number of halogens is 1. The van der Waals surface area contributed by atoms with Crippen molar-refractivity contribution in [2.45, 2.75) is 45.8 Å². The van der Waals surface area contributed by atoms with Crippen molar-refractivity contribution in [2.75, 3.05) is 18.4 Å². The molecule has 1 fully saturated rings. The molecule has 0 spiro atoms. The van der Waals surface area contributed by atoms with E-state index in [2.05, 4.69) is 27.0 Å². The number of amides is 1. The van der Waals surface area contributed by atoms with Crippen LogP contribution in [-0.4, -0.2) is 56.0 Å². The van der Waals surface area contributed by atoms with E-state index in [4.69, 9.17) is 9.47 Å². The van der Waals surface area contributed by atoms with Gasteiger partial charge in [-0.15, -0.1) is 0 Å². The van der Waals surface area contributed by atoms with Crippen molar-refractivity contribution < 1.29 is 18.7 Å². The molecule has 1 aliphatic heterocycles. The number of nitrogens with one attached hydrogen (secondary N) is 1. The number of fused-ring (bicyclic) bond motifs is 1. The topological polar surface area (TPSA) is 94.4 Å². The highest BCUT2D eigenvalue weighted by Crippen LogP contribution is 2.28. The van der Waals surface area contributed by atoms with Crippen LogP contribution in [0.4, 0.5) is 14.9 Å². The first kappa shape index (κ1) is 22.5. The summed E-state index contributed by atoms with van der Waals surface area (Å²) in [6.45, 7) is 10.3. The summed E-state index contributed by atoms with van der Waals surface area (Å²) in [6, 6.07) is 4.76. The Morgan fingerprint density at radius 3 is 2.70 bits per heavy atom. The minimum Gasteiger partial charge on any atom is -0.474 e. The maximum atomic E-state index is 14.8. The van der Waals surface area contributed by atoms with Gasteiger partial charge < -0.3 is 19.7 Å². The molecule has 174 valence electrons. The number of hydrogen-bond donors (Lipinski definition) is 1. The fourth-order valence-corrected chi connectivity index (χ4v) is 3.69. The zero-order valence-electron chi connectivity index (χ0n) is 18.9. The maximum Gasteiger partial charge on any atom is 0.410 e. The highest BCUT2D eigenvalue weighted by Gasteiger charge is 2.26. The van der Waals surface area contributed by atoms with Crippen LogP contribution in [0.25, 0.3) is 16.7 Å². The molecule has 3 aromatic rings. The Bertz CT molecular complexity index is 1170. The van der Waals surface area contributed by atoms with Gasteiger partial charge in [0.15, 0.2) is 11.5 Å². The molecule has 2 aromatic heterocycles. The van der Waals surface area contributed by atoms with E-state index in [1.807, 2.05) is 13.8 Å². The standard InChI is InChI=1S/C23H27FN6O3/c1-14(2)28-16-5-6-20(19(24)11-16)30-21-18(12-27-30)22(26-13-25-21)33-17-7-9-29(10-8-17)23(31)32-15(3)4/h5-6,11-13,15,17,28H,1,7-10H2,2-4H3. The Kier molecular flexibility index (Phi) is 6.43. The average Bonchev–Trinajstić information content (AvgIpc) is 3.18. The number of anilines is 1. The van der Waals surface area contributed by atoms with E-state index in [9.17, 15) is 9.18 Å². The second-order valence-corrected chi connectivity index (χ2v) is 8.28. The summed E-state index contributed by atoms with van der Waals surface area (Å²) in [5.41, 5.74) is 2.02. The lowest BCUT2D eigenvalue weighted by Crippen LogP contribution is -2.42. The number of likely N-dealkylation sites (tertiary alicyclic amines) is 1. The molecule has 1 aromatic carbocycles. The number of aromatic nitrogens is 4. The van der Waals surface area contributed by atoms with Crippen molar-refractivity contribution in [3.63, 3.8) is 0 Å². The van der Waals surface area contributed by atoms with Gasteiger partial charge in [0.25, 0.3) is 0 Å². The van der Waals surface area contributed by atoms with Crippen LogP contribution >= 0.6 is 0 Å². The molecule has 10 heteroatoms. The molecule has 0 bridgehead atoms. The van der Waals surface area contributed by atoms with Crippen LogP contribution in [0.3, 0.4) is 0 Å². The number of piperidine rings is 1. The van der Waals surface area contributed by atoms with Gasteiger partial charge in [-0.2, -0.15) is 5.10 Å². The minimum atomic E-state index is -0.451. The van der Waals surface area contributed by atoms with Gasteiger partial charge in [0, 0.05) is 37.3 Å². The third kappa shape index (κ3) is 5.05. The Hall–Kier alpha value is -3.69. The second-order valence-electron chi connectivity index (χ2n) is 8.28. The molecule has 0 atom stereocenters. The predicted octanol–water partition coefficient (Wildman–Crippen LogP) is 4.29. The molecule has 0 radical (unpaired) electrons. The average molecular weight is 455 g/mol. The van der Waals surface area contributed by atoms with Gasteiger partial charge in [0.2, 0.25) is 5.88 Å². The number of benzene rings is 1. The van der Waals surface area contributed by atoms with E-state index in [1.54, 1.807) is 30.2 Å². The zero-order valence-corrected chi connectivity index (χ0v) is 18.9. The molecule has 1 aliphatic rings. The van der Waals surface area contributed by atoms with Crippen LogP contribution < -0.4 is 10.1 Å². The van der Waals surface area contributed by atoms with Crippen LogP contribution in [0, 0.1) is 5.82 Å². The van der Waals surface area contributed by atoms with E-state index >= 15 is 0 Å². The lowest BCUT2D eigenvalue weighted by molar-refractivity contribution is 0.0511. The molecule has 0 unspecified atom stereocenters. The lowest BCUT2D eigenvalue weighted by atomic mass is 10.1.